The monoisotopic (exact) mass is 242 g/mol. The minimum atomic E-state index is -1.58. The molecule has 1 aromatic carbocycles. The molecule has 0 spiro atoms. The highest BCUT2D eigenvalue weighted by Gasteiger charge is 2.31. The number of hydrogen-bond acceptors (Lipinski definition) is 2. The molecule has 1 unspecified atom stereocenters. The van der Waals surface area contributed by atoms with Crippen LogP contribution >= 0.6 is 0 Å². The van der Waals surface area contributed by atoms with Crippen molar-refractivity contribution in [2.75, 3.05) is 0 Å². The maximum absolute atomic E-state index is 13.5. The van der Waals surface area contributed by atoms with Crippen molar-refractivity contribution in [3.63, 3.8) is 0 Å². The van der Waals surface area contributed by atoms with Crippen LogP contribution < -0.4 is 0 Å². The fourth-order valence-electron chi connectivity index (χ4n) is 2.01. The highest BCUT2D eigenvalue weighted by atomic mass is 19.2. The Morgan fingerprint density at radius 1 is 1.06 bits per heavy atom. The van der Waals surface area contributed by atoms with E-state index in [1.54, 1.807) is 0 Å². The van der Waals surface area contributed by atoms with Crippen molar-refractivity contribution in [2.45, 2.75) is 25.2 Å². The fraction of sp³-hybridized carbons (Fsp3) is 0.333. The maximum Gasteiger partial charge on any atom is 0.194 e. The van der Waals surface area contributed by atoms with Crippen LogP contribution in [0.4, 0.5) is 13.2 Å². The Kier molecular flexibility index (Phi) is 3.00. The number of carbonyl (C=O) groups is 2. The Morgan fingerprint density at radius 3 is 2.41 bits per heavy atom. The zero-order valence-corrected chi connectivity index (χ0v) is 8.80. The van der Waals surface area contributed by atoms with E-state index >= 15 is 0 Å². The van der Waals surface area contributed by atoms with Crippen LogP contribution in [-0.2, 0) is 9.59 Å². The largest absolute Gasteiger partial charge is 0.299 e. The van der Waals surface area contributed by atoms with Gasteiger partial charge >= 0.3 is 0 Å². The minimum absolute atomic E-state index is 0.152. The number of halogens is 3. The second kappa shape index (κ2) is 4.31. The second-order valence-corrected chi connectivity index (χ2v) is 4.04. The zero-order chi connectivity index (χ0) is 12.6. The molecule has 0 amide bonds. The average Bonchev–Trinajstić information content (AvgIpc) is 2.28. The van der Waals surface area contributed by atoms with Crippen LogP contribution in [0.1, 0.15) is 30.7 Å². The quantitative estimate of drug-likeness (QED) is 0.560. The third kappa shape index (κ3) is 2.09. The van der Waals surface area contributed by atoms with E-state index < -0.39 is 29.2 Å². The molecule has 1 saturated carbocycles. The predicted octanol–water partition coefficient (Wildman–Crippen LogP) is 2.51. The first-order valence-electron chi connectivity index (χ1n) is 5.18. The van der Waals surface area contributed by atoms with E-state index in [0.717, 1.165) is 12.1 Å². The lowest BCUT2D eigenvalue weighted by atomic mass is 9.82. The van der Waals surface area contributed by atoms with Crippen molar-refractivity contribution in [1.29, 1.82) is 0 Å². The first-order valence-corrected chi connectivity index (χ1v) is 5.18. The number of carbonyl (C=O) groups excluding carboxylic acids is 2. The van der Waals surface area contributed by atoms with Crippen LogP contribution in [0.15, 0.2) is 12.1 Å². The van der Waals surface area contributed by atoms with E-state index in [4.69, 9.17) is 0 Å². The van der Waals surface area contributed by atoms with E-state index in [2.05, 4.69) is 0 Å². The first kappa shape index (κ1) is 11.8. The molecule has 17 heavy (non-hydrogen) atoms. The second-order valence-electron chi connectivity index (χ2n) is 4.04. The van der Waals surface area contributed by atoms with Crippen molar-refractivity contribution in [3.05, 3.63) is 35.1 Å². The molecular formula is C12H9F3O2. The van der Waals surface area contributed by atoms with Crippen molar-refractivity contribution in [2.24, 2.45) is 0 Å². The van der Waals surface area contributed by atoms with Crippen LogP contribution in [0, 0.1) is 17.5 Å². The Hall–Kier alpha value is -1.65. The number of hydrogen-bond donors (Lipinski definition) is 0. The summed E-state index contributed by atoms with van der Waals surface area (Å²) in [6, 6.07) is 1.85. The van der Waals surface area contributed by atoms with E-state index in [1.165, 1.54) is 0 Å². The van der Waals surface area contributed by atoms with Gasteiger partial charge in [0.05, 0.1) is 6.42 Å². The number of benzene rings is 1. The van der Waals surface area contributed by atoms with Gasteiger partial charge in [-0.1, -0.05) is 6.07 Å². The molecule has 1 atom stereocenters. The normalized spacial score (nSPS) is 20.8. The van der Waals surface area contributed by atoms with Gasteiger partial charge in [-0.25, -0.2) is 13.2 Å². The fourth-order valence-corrected chi connectivity index (χ4v) is 2.01. The predicted molar refractivity (Wildman–Crippen MR) is 52.9 cm³/mol. The van der Waals surface area contributed by atoms with Gasteiger partial charge in [0.2, 0.25) is 0 Å². The third-order valence-corrected chi connectivity index (χ3v) is 2.91. The Balaban J connectivity index is 2.38. The molecule has 1 aliphatic rings. The minimum Gasteiger partial charge on any atom is -0.299 e. The lowest BCUT2D eigenvalue weighted by molar-refractivity contribution is -0.130. The Morgan fingerprint density at radius 2 is 1.76 bits per heavy atom. The summed E-state index contributed by atoms with van der Waals surface area (Å²) in [5.74, 6) is -5.68. The van der Waals surface area contributed by atoms with Crippen molar-refractivity contribution in [3.8, 4) is 0 Å². The molecular weight excluding hydrogens is 233 g/mol. The highest BCUT2D eigenvalue weighted by Crippen LogP contribution is 2.31. The van der Waals surface area contributed by atoms with E-state index in [1.807, 2.05) is 0 Å². The SMILES string of the molecule is O=C1CCC(c2ccc(F)c(F)c2F)C(=O)C1. The Labute approximate surface area is 95.4 Å². The van der Waals surface area contributed by atoms with Crippen LogP contribution in [0.3, 0.4) is 0 Å². The molecule has 0 bridgehead atoms. The van der Waals surface area contributed by atoms with Gasteiger partial charge in [0.1, 0.15) is 11.6 Å². The van der Waals surface area contributed by atoms with Crippen LogP contribution in [-0.4, -0.2) is 11.6 Å². The molecule has 0 aromatic heterocycles. The van der Waals surface area contributed by atoms with Gasteiger partial charge in [-0.3, -0.25) is 9.59 Å². The van der Waals surface area contributed by atoms with Gasteiger partial charge in [0, 0.05) is 17.9 Å². The molecule has 1 aliphatic carbocycles. The summed E-state index contributed by atoms with van der Waals surface area (Å²) in [6.07, 6.45) is 0.0532. The van der Waals surface area contributed by atoms with Gasteiger partial charge in [-0.15, -0.1) is 0 Å². The van der Waals surface area contributed by atoms with Gasteiger partial charge < -0.3 is 0 Å². The molecule has 1 aromatic rings. The summed E-state index contributed by atoms with van der Waals surface area (Å²) >= 11 is 0. The van der Waals surface area contributed by atoms with Gasteiger partial charge in [0.25, 0.3) is 0 Å². The lowest BCUT2D eigenvalue weighted by Crippen LogP contribution is -2.24. The molecule has 0 radical (unpaired) electrons. The van der Waals surface area contributed by atoms with Gasteiger partial charge in [0.15, 0.2) is 17.5 Å². The van der Waals surface area contributed by atoms with Gasteiger partial charge in [-0.2, -0.15) is 0 Å². The van der Waals surface area contributed by atoms with Crippen molar-refractivity contribution >= 4 is 11.6 Å². The topological polar surface area (TPSA) is 34.1 Å². The molecule has 2 rings (SSSR count). The summed E-state index contributed by atoms with van der Waals surface area (Å²) in [5.41, 5.74) is -0.165. The summed E-state index contributed by atoms with van der Waals surface area (Å²) in [4.78, 5) is 22.6. The summed E-state index contributed by atoms with van der Waals surface area (Å²) < 4.78 is 39.2. The van der Waals surface area contributed by atoms with Crippen LogP contribution in [0.5, 0.6) is 0 Å². The van der Waals surface area contributed by atoms with Crippen molar-refractivity contribution < 1.29 is 22.8 Å². The average molecular weight is 242 g/mol. The molecule has 0 aliphatic heterocycles. The maximum atomic E-state index is 13.5. The Bertz CT molecular complexity index is 497. The summed E-state index contributed by atoms with van der Waals surface area (Å²) in [6.45, 7) is 0. The van der Waals surface area contributed by atoms with Crippen LogP contribution in [0.2, 0.25) is 0 Å². The van der Waals surface area contributed by atoms with E-state index in [-0.39, 0.29) is 30.6 Å². The zero-order valence-electron chi connectivity index (χ0n) is 8.80. The molecule has 2 nitrogen and oxygen atoms in total. The number of rotatable bonds is 1. The standard InChI is InChI=1S/C12H9F3O2/c13-9-4-3-8(11(14)12(9)15)7-2-1-6(16)5-10(7)17/h3-4,7H,1-2,5H2. The summed E-state index contributed by atoms with van der Waals surface area (Å²) in [7, 11) is 0. The highest BCUT2D eigenvalue weighted by molar-refractivity contribution is 6.04. The molecule has 1 fully saturated rings. The number of Topliss-reactive ketones (excluding diaryl/α,β-unsaturated/α-hetero) is 2. The molecule has 0 saturated heterocycles. The first-order chi connectivity index (χ1) is 8.00. The van der Waals surface area contributed by atoms with Crippen LogP contribution in [0.25, 0.3) is 0 Å². The molecule has 0 heterocycles. The van der Waals surface area contributed by atoms with E-state index in [9.17, 15) is 22.8 Å². The smallest absolute Gasteiger partial charge is 0.194 e. The number of ketones is 2. The summed E-state index contributed by atoms with van der Waals surface area (Å²) in [5, 5.41) is 0. The van der Waals surface area contributed by atoms with Gasteiger partial charge in [-0.05, 0) is 12.5 Å². The molecule has 90 valence electrons. The lowest BCUT2D eigenvalue weighted by Gasteiger charge is -2.20. The van der Waals surface area contributed by atoms with Crippen molar-refractivity contribution in [1.82, 2.24) is 0 Å². The van der Waals surface area contributed by atoms with E-state index in [0.29, 0.717) is 0 Å². The molecule has 0 N–H and O–H groups in total. The molecule has 5 heteroatoms. The third-order valence-electron chi connectivity index (χ3n) is 2.91.